The van der Waals surface area contributed by atoms with Crippen molar-refractivity contribution in [3.63, 3.8) is 0 Å². The van der Waals surface area contributed by atoms with E-state index in [4.69, 9.17) is 16.3 Å². The highest BCUT2D eigenvalue weighted by atomic mass is 35.5. The molecule has 196 valence electrons. The number of amides is 1. The molecule has 1 fully saturated rings. The van der Waals surface area contributed by atoms with Gasteiger partial charge in [-0.15, -0.1) is 10.2 Å². The smallest absolute Gasteiger partial charge is 0.320 e. The first kappa shape index (κ1) is 25.8. The molecule has 0 spiro atoms. The van der Waals surface area contributed by atoms with Gasteiger partial charge in [0.25, 0.3) is 5.91 Å². The van der Waals surface area contributed by atoms with Crippen molar-refractivity contribution in [2.75, 3.05) is 11.4 Å². The minimum atomic E-state index is -2.83. The standard InChI is InChI=1S/C27H30ClF2N5O2/c1-16(2)12-31-13-17-7-21-22(23(28)8-17)14-35(24(21)36)19-6-4-5-18(9-19)27(25-33-32-15-34(25)3)10-20(11-27)37-26(29)30/h4-9,15-16,20,26,31H,10-14H2,1-3H3. The fraction of sp³-hybridized carbons (Fsp3) is 0.444. The van der Waals surface area contributed by atoms with Crippen molar-refractivity contribution in [3.05, 3.63) is 75.8 Å². The molecule has 2 aliphatic rings. The molecule has 1 saturated carbocycles. The van der Waals surface area contributed by atoms with Crippen LogP contribution >= 0.6 is 11.6 Å². The van der Waals surface area contributed by atoms with Gasteiger partial charge in [-0.3, -0.25) is 4.79 Å². The predicted octanol–water partition coefficient (Wildman–Crippen LogP) is 5.06. The number of aromatic nitrogens is 3. The second-order valence-electron chi connectivity index (χ2n) is 10.3. The molecule has 2 heterocycles. The van der Waals surface area contributed by atoms with Gasteiger partial charge in [-0.05, 0) is 60.7 Å². The molecular weight excluding hydrogens is 500 g/mol. The summed E-state index contributed by atoms with van der Waals surface area (Å²) in [7, 11) is 1.83. The van der Waals surface area contributed by atoms with E-state index in [0.717, 1.165) is 23.2 Å². The van der Waals surface area contributed by atoms with Crippen LogP contribution in [0.5, 0.6) is 0 Å². The van der Waals surface area contributed by atoms with Gasteiger partial charge < -0.3 is 19.5 Å². The Morgan fingerprint density at radius 1 is 1.24 bits per heavy atom. The van der Waals surface area contributed by atoms with E-state index >= 15 is 0 Å². The average Bonchev–Trinajstić information content (AvgIpc) is 3.39. The molecule has 0 radical (unpaired) electrons. The zero-order valence-electron chi connectivity index (χ0n) is 21.0. The van der Waals surface area contributed by atoms with E-state index in [-0.39, 0.29) is 5.91 Å². The van der Waals surface area contributed by atoms with Gasteiger partial charge in [0.05, 0.1) is 18.1 Å². The largest absolute Gasteiger partial charge is 0.345 e. The molecular formula is C27H30ClF2N5O2. The van der Waals surface area contributed by atoms with Gasteiger partial charge in [0.15, 0.2) is 0 Å². The van der Waals surface area contributed by atoms with Crippen LogP contribution in [0.4, 0.5) is 14.5 Å². The van der Waals surface area contributed by atoms with Crippen LogP contribution < -0.4 is 10.2 Å². The van der Waals surface area contributed by atoms with Gasteiger partial charge in [0.1, 0.15) is 12.2 Å². The van der Waals surface area contributed by atoms with Gasteiger partial charge in [-0.1, -0.05) is 37.6 Å². The summed E-state index contributed by atoms with van der Waals surface area (Å²) in [6.45, 7) is 3.33. The lowest BCUT2D eigenvalue weighted by atomic mass is 9.62. The van der Waals surface area contributed by atoms with E-state index in [9.17, 15) is 13.6 Å². The first-order chi connectivity index (χ1) is 17.7. The number of nitrogens with zero attached hydrogens (tertiary/aromatic N) is 4. The second-order valence-corrected chi connectivity index (χ2v) is 10.8. The lowest BCUT2D eigenvalue weighted by Gasteiger charge is -2.46. The summed E-state index contributed by atoms with van der Waals surface area (Å²) in [5, 5.41) is 12.3. The molecule has 2 aromatic carbocycles. The molecule has 37 heavy (non-hydrogen) atoms. The monoisotopic (exact) mass is 529 g/mol. The maximum absolute atomic E-state index is 13.5. The number of benzene rings is 2. The zero-order valence-corrected chi connectivity index (χ0v) is 21.8. The summed E-state index contributed by atoms with van der Waals surface area (Å²) in [5.41, 5.74) is 3.34. The van der Waals surface area contributed by atoms with Crippen LogP contribution in [-0.4, -0.2) is 39.9 Å². The quantitative estimate of drug-likeness (QED) is 0.419. The molecule has 0 bridgehead atoms. The van der Waals surface area contributed by atoms with Gasteiger partial charge in [-0.25, -0.2) is 0 Å². The van der Waals surface area contributed by atoms with E-state index in [1.807, 2.05) is 43.4 Å². The highest BCUT2D eigenvalue weighted by molar-refractivity contribution is 6.32. The lowest BCUT2D eigenvalue weighted by molar-refractivity contribution is -0.192. The normalized spacial score (nSPS) is 21.1. The fourth-order valence-corrected chi connectivity index (χ4v) is 5.73. The van der Waals surface area contributed by atoms with Crippen LogP contribution in [0.3, 0.4) is 0 Å². The summed E-state index contributed by atoms with van der Waals surface area (Å²) < 4.78 is 32.3. The maximum atomic E-state index is 13.5. The predicted molar refractivity (Wildman–Crippen MR) is 137 cm³/mol. The summed E-state index contributed by atoms with van der Waals surface area (Å²) in [6.07, 6.45) is 1.71. The van der Waals surface area contributed by atoms with Crippen molar-refractivity contribution < 1.29 is 18.3 Å². The average molecular weight is 530 g/mol. The summed E-state index contributed by atoms with van der Waals surface area (Å²) >= 11 is 6.61. The van der Waals surface area contributed by atoms with Crippen LogP contribution in [-0.2, 0) is 30.3 Å². The van der Waals surface area contributed by atoms with Crippen LogP contribution in [0.1, 0.15) is 59.6 Å². The zero-order chi connectivity index (χ0) is 26.3. The van der Waals surface area contributed by atoms with Crippen molar-refractivity contribution in [3.8, 4) is 0 Å². The number of halogens is 3. The first-order valence-electron chi connectivity index (χ1n) is 12.4. The molecule has 0 unspecified atom stereocenters. The Morgan fingerprint density at radius 2 is 2.03 bits per heavy atom. The molecule has 0 saturated heterocycles. The third-order valence-corrected chi connectivity index (χ3v) is 7.56. The first-order valence-corrected chi connectivity index (χ1v) is 12.8. The summed E-state index contributed by atoms with van der Waals surface area (Å²) in [6, 6.07) is 11.5. The number of fused-ring (bicyclic) bond motifs is 1. The summed E-state index contributed by atoms with van der Waals surface area (Å²) in [5.74, 6) is 1.09. The number of ether oxygens (including phenoxy) is 1. The van der Waals surface area contributed by atoms with Crippen molar-refractivity contribution in [1.82, 2.24) is 20.1 Å². The van der Waals surface area contributed by atoms with Crippen LogP contribution in [0, 0.1) is 5.92 Å². The molecule has 1 amide bonds. The SMILES string of the molecule is CC(C)CNCc1cc(Cl)c2c(c1)C(=O)N(c1cccc(C3(c4nncn4C)CC(OC(F)F)C3)c1)C2. The Morgan fingerprint density at radius 3 is 2.70 bits per heavy atom. The molecule has 1 aromatic heterocycles. The van der Waals surface area contributed by atoms with Gasteiger partial charge in [0.2, 0.25) is 0 Å². The number of hydrogen-bond acceptors (Lipinski definition) is 5. The Kier molecular flexibility index (Phi) is 7.04. The van der Waals surface area contributed by atoms with E-state index in [1.165, 1.54) is 0 Å². The maximum Gasteiger partial charge on any atom is 0.345 e. The molecule has 10 heteroatoms. The van der Waals surface area contributed by atoms with E-state index < -0.39 is 18.1 Å². The highest BCUT2D eigenvalue weighted by Gasteiger charge is 2.51. The Bertz CT molecular complexity index is 1310. The molecule has 1 aliphatic carbocycles. The van der Waals surface area contributed by atoms with Crippen molar-refractivity contribution >= 4 is 23.2 Å². The number of anilines is 1. The Labute approximate surface area is 219 Å². The fourth-order valence-electron chi connectivity index (χ4n) is 5.43. The summed E-state index contributed by atoms with van der Waals surface area (Å²) in [4.78, 5) is 15.2. The Balaban J connectivity index is 1.42. The number of nitrogens with one attached hydrogen (secondary N) is 1. The van der Waals surface area contributed by atoms with Gasteiger partial charge >= 0.3 is 6.61 Å². The van der Waals surface area contributed by atoms with Gasteiger partial charge in [0, 0.05) is 35.4 Å². The number of carbonyl (C=O) groups excluding carboxylic acids is 1. The topological polar surface area (TPSA) is 72.3 Å². The molecule has 1 aliphatic heterocycles. The van der Waals surface area contributed by atoms with E-state index in [1.54, 1.807) is 15.8 Å². The minimum Gasteiger partial charge on any atom is -0.320 e. The molecule has 0 atom stereocenters. The lowest BCUT2D eigenvalue weighted by Crippen LogP contribution is -2.49. The minimum absolute atomic E-state index is 0.111. The van der Waals surface area contributed by atoms with Gasteiger partial charge in [-0.2, -0.15) is 8.78 Å². The number of rotatable bonds is 9. The van der Waals surface area contributed by atoms with Crippen molar-refractivity contribution in [2.45, 2.75) is 57.9 Å². The van der Waals surface area contributed by atoms with Crippen LogP contribution in [0.25, 0.3) is 0 Å². The third kappa shape index (κ3) is 4.87. The number of hydrogen-bond donors (Lipinski definition) is 1. The highest BCUT2D eigenvalue weighted by Crippen LogP contribution is 2.50. The second kappa shape index (κ2) is 10.1. The van der Waals surface area contributed by atoms with Crippen molar-refractivity contribution in [2.24, 2.45) is 13.0 Å². The number of carbonyl (C=O) groups is 1. The molecule has 7 nitrogen and oxygen atoms in total. The molecule has 1 N–H and O–H groups in total. The molecule has 5 rings (SSSR count). The van der Waals surface area contributed by atoms with E-state index in [2.05, 4.69) is 29.4 Å². The Hall–Kier alpha value is -2.88. The number of alkyl halides is 2. The van der Waals surface area contributed by atoms with Crippen molar-refractivity contribution in [1.29, 1.82) is 0 Å². The van der Waals surface area contributed by atoms with E-state index in [0.29, 0.717) is 53.9 Å². The third-order valence-electron chi connectivity index (χ3n) is 7.23. The van der Waals surface area contributed by atoms with Crippen LogP contribution in [0.15, 0.2) is 42.7 Å². The van der Waals surface area contributed by atoms with Crippen LogP contribution in [0.2, 0.25) is 5.02 Å². The number of aryl methyl sites for hydroxylation is 1. The molecule has 3 aromatic rings.